The number of hydrogen-bond donors (Lipinski definition) is 3. The van der Waals surface area contributed by atoms with Crippen LogP contribution in [0, 0.1) is 0 Å². The van der Waals surface area contributed by atoms with Crippen LogP contribution in [-0.4, -0.2) is 29.1 Å². The molecule has 0 spiro atoms. The van der Waals surface area contributed by atoms with E-state index in [-0.39, 0.29) is 18.1 Å². The van der Waals surface area contributed by atoms with Gasteiger partial charge < -0.3 is 16.2 Å². The van der Waals surface area contributed by atoms with Crippen LogP contribution in [0.5, 0.6) is 0 Å². The molecule has 1 atom stereocenters. The van der Waals surface area contributed by atoms with Crippen LogP contribution < -0.4 is 11.1 Å². The highest BCUT2D eigenvalue weighted by Crippen LogP contribution is 2.23. The summed E-state index contributed by atoms with van der Waals surface area (Å²) in [5.74, 6) is 0.0637. The average Bonchev–Trinajstić information content (AvgIpc) is 2.53. The number of benzene rings is 1. The maximum absolute atomic E-state index is 11.1. The van der Waals surface area contributed by atoms with Gasteiger partial charge in [0, 0.05) is 25.3 Å². The highest BCUT2D eigenvalue weighted by atomic mass is 35.5. The first-order valence-corrected chi connectivity index (χ1v) is 7.34. The van der Waals surface area contributed by atoms with Crippen LogP contribution >= 0.6 is 11.6 Å². The second-order valence-corrected chi connectivity index (χ2v) is 5.33. The number of aromatic nitrogens is 1. The van der Waals surface area contributed by atoms with Gasteiger partial charge in [-0.05, 0) is 18.1 Å². The van der Waals surface area contributed by atoms with Crippen molar-refractivity contribution >= 4 is 23.3 Å². The molecule has 1 unspecified atom stereocenters. The molecular weight excluding hydrogens is 302 g/mol. The SMILES string of the molecule is NC(=O)c1cnc(NCC(CCO)c2ccccc2)c(Cl)c1. The minimum atomic E-state index is -0.566. The normalized spacial score (nSPS) is 11.9. The number of halogens is 1. The van der Waals surface area contributed by atoms with Crippen molar-refractivity contribution in [3.63, 3.8) is 0 Å². The van der Waals surface area contributed by atoms with Crippen molar-refractivity contribution in [3.8, 4) is 0 Å². The van der Waals surface area contributed by atoms with Crippen LogP contribution in [0.1, 0.15) is 28.3 Å². The van der Waals surface area contributed by atoms with Crippen LogP contribution in [-0.2, 0) is 0 Å². The summed E-state index contributed by atoms with van der Waals surface area (Å²) in [4.78, 5) is 15.2. The Kier molecular flexibility index (Phi) is 5.75. The average molecular weight is 320 g/mol. The Morgan fingerprint density at radius 2 is 2.09 bits per heavy atom. The molecule has 0 aliphatic carbocycles. The predicted molar refractivity (Wildman–Crippen MR) is 87.1 cm³/mol. The minimum Gasteiger partial charge on any atom is -0.396 e. The van der Waals surface area contributed by atoms with Gasteiger partial charge in [-0.3, -0.25) is 4.79 Å². The van der Waals surface area contributed by atoms with Gasteiger partial charge in [-0.25, -0.2) is 4.98 Å². The first kappa shape index (κ1) is 16.3. The summed E-state index contributed by atoms with van der Waals surface area (Å²) in [5.41, 5.74) is 6.59. The molecule has 0 saturated heterocycles. The lowest BCUT2D eigenvalue weighted by atomic mass is 9.96. The zero-order chi connectivity index (χ0) is 15.9. The smallest absolute Gasteiger partial charge is 0.250 e. The quantitative estimate of drug-likeness (QED) is 0.731. The van der Waals surface area contributed by atoms with E-state index in [4.69, 9.17) is 17.3 Å². The van der Waals surface area contributed by atoms with Crippen LogP contribution in [0.3, 0.4) is 0 Å². The molecule has 2 aromatic rings. The van der Waals surface area contributed by atoms with E-state index in [2.05, 4.69) is 10.3 Å². The Balaban J connectivity index is 2.08. The minimum absolute atomic E-state index is 0.100. The third-order valence-electron chi connectivity index (χ3n) is 3.39. The van der Waals surface area contributed by atoms with Crippen molar-refractivity contribution in [1.82, 2.24) is 4.98 Å². The molecule has 4 N–H and O–H groups in total. The molecule has 1 heterocycles. The summed E-state index contributed by atoms with van der Waals surface area (Å²) < 4.78 is 0. The van der Waals surface area contributed by atoms with Gasteiger partial charge in [-0.15, -0.1) is 0 Å². The Bertz CT molecular complexity index is 635. The number of pyridine rings is 1. The highest BCUT2D eigenvalue weighted by molar-refractivity contribution is 6.33. The molecule has 0 radical (unpaired) electrons. The fourth-order valence-electron chi connectivity index (χ4n) is 2.19. The van der Waals surface area contributed by atoms with Crippen molar-refractivity contribution < 1.29 is 9.90 Å². The van der Waals surface area contributed by atoms with Crippen LogP contribution in [0.15, 0.2) is 42.6 Å². The number of aliphatic hydroxyl groups excluding tert-OH is 1. The summed E-state index contributed by atoms with van der Waals surface area (Å²) in [5, 5.41) is 12.7. The molecule has 0 fully saturated rings. The summed E-state index contributed by atoms with van der Waals surface area (Å²) in [6.45, 7) is 0.677. The second kappa shape index (κ2) is 7.77. The molecule has 1 aromatic carbocycles. The van der Waals surface area contributed by atoms with Crippen LogP contribution in [0.25, 0.3) is 0 Å². The summed E-state index contributed by atoms with van der Waals surface area (Å²) in [7, 11) is 0. The molecule has 22 heavy (non-hydrogen) atoms. The van der Waals surface area contributed by atoms with E-state index < -0.39 is 5.91 Å². The third-order valence-corrected chi connectivity index (χ3v) is 3.68. The molecule has 1 aromatic heterocycles. The predicted octanol–water partition coefficient (Wildman–Crippen LogP) is 2.41. The molecule has 1 amide bonds. The van der Waals surface area contributed by atoms with Crippen molar-refractivity contribution in [1.29, 1.82) is 0 Å². The Morgan fingerprint density at radius 3 is 2.68 bits per heavy atom. The van der Waals surface area contributed by atoms with Gasteiger partial charge in [0.25, 0.3) is 0 Å². The number of aliphatic hydroxyl groups is 1. The van der Waals surface area contributed by atoms with Gasteiger partial charge >= 0.3 is 0 Å². The van der Waals surface area contributed by atoms with E-state index in [1.54, 1.807) is 0 Å². The van der Waals surface area contributed by atoms with E-state index >= 15 is 0 Å². The van der Waals surface area contributed by atoms with E-state index in [0.717, 1.165) is 5.56 Å². The lowest BCUT2D eigenvalue weighted by molar-refractivity contribution is 0.1000. The van der Waals surface area contributed by atoms with Crippen LogP contribution in [0.4, 0.5) is 5.82 Å². The zero-order valence-electron chi connectivity index (χ0n) is 12.0. The first-order chi connectivity index (χ1) is 10.6. The lowest BCUT2D eigenvalue weighted by Gasteiger charge is -2.18. The third kappa shape index (κ3) is 4.19. The zero-order valence-corrected chi connectivity index (χ0v) is 12.8. The molecule has 0 aliphatic rings. The van der Waals surface area contributed by atoms with Crippen molar-refractivity contribution in [2.45, 2.75) is 12.3 Å². The Hall–Kier alpha value is -2.11. The molecule has 116 valence electrons. The number of carbonyl (C=O) groups excluding carboxylic acids is 1. The highest BCUT2D eigenvalue weighted by Gasteiger charge is 2.13. The van der Waals surface area contributed by atoms with E-state index in [9.17, 15) is 9.90 Å². The fourth-order valence-corrected chi connectivity index (χ4v) is 2.42. The van der Waals surface area contributed by atoms with Crippen molar-refractivity contribution in [3.05, 3.63) is 58.7 Å². The number of carbonyl (C=O) groups is 1. The van der Waals surface area contributed by atoms with E-state index in [1.165, 1.54) is 12.3 Å². The monoisotopic (exact) mass is 319 g/mol. The number of hydrogen-bond acceptors (Lipinski definition) is 4. The van der Waals surface area contributed by atoms with Gasteiger partial charge in [0.1, 0.15) is 5.82 Å². The van der Waals surface area contributed by atoms with Crippen molar-refractivity contribution in [2.75, 3.05) is 18.5 Å². The molecule has 0 aliphatic heterocycles. The van der Waals surface area contributed by atoms with Gasteiger partial charge in [-0.1, -0.05) is 41.9 Å². The number of nitrogens with two attached hydrogens (primary N) is 1. The number of nitrogens with one attached hydrogen (secondary N) is 1. The first-order valence-electron chi connectivity index (χ1n) is 6.97. The molecule has 6 heteroatoms. The lowest BCUT2D eigenvalue weighted by Crippen LogP contribution is -2.16. The summed E-state index contributed by atoms with van der Waals surface area (Å²) in [6, 6.07) is 11.4. The van der Waals surface area contributed by atoms with Crippen molar-refractivity contribution in [2.24, 2.45) is 5.73 Å². The number of anilines is 1. The standard InChI is InChI=1S/C16H18ClN3O2/c17-14-8-13(15(18)22)10-20-16(14)19-9-12(6-7-21)11-4-2-1-3-5-11/h1-5,8,10,12,21H,6-7,9H2,(H2,18,22)(H,19,20). The van der Waals surface area contributed by atoms with E-state index in [1.807, 2.05) is 30.3 Å². The second-order valence-electron chi connectivity index (χ2n) is 4.92. The molecule has 0 saturated carbocycles. The molecule has 2 rings (SSSR count). The molecule has 5 nitrogen and oxygen atoms in total. The topological polar surface area (TPSA) is 88.2 Å². The number of amides is 1. The van der Waals surface area contributed by atoms with Crippen LogP contribution in [0.2, 0.25) is 5.02 Å². The van der Waals surface area contributed by atoms with Gasteiger partial charge in [0.15, 0.2) is 0 Å². The maximum atomic E-state index is 11.1. The Labute approximate surface area is 134 Å². The fraction of sp³-hybridized carbons (Fsp3) is 0.250. The maximum Gasteiger partial charge on any atom is 0.250 e. The van der Waals surface area contributed by atoms with Gasteiger partial charge in [0.2, 0.25) is 5.91 Å². The number of primary amides is 1. The largest absolute Gasteiger partial charge is 0.396 e. The summed E-state index contributed by atoms with van der Waals surface area (Å²) >= 11 is 6.10. The van der Waals surface area contributed by atoms with Gasteiger partial charge in [-0.2, -0.15) is 0 Å². The van der Waals surface area contributed by atoms with E-state index in [0.29, 0.717) is 23.8 Å². The molecular formula is C16H18ClN3O2. The number of rotatable bonds is 7. The summed E-state index contributed by atoms with van der Waals surface area (Å²) in [6.07, 6.45) is 2.02. The Morgan fingerprint density at radius 1 is 1.36 bits per heavy atom. The number of nitrogens with zero attached hydrogens (tertiary/aromatic N) is 1. The van der Waals surface area contributed by atoms with Gasteiger partial charge in [0.05, 0.1) is 10.6 Å². The molecule has 0 bridgehead atoms.